The largest absolute Gasteiger partial charge is 0.503 e. The predicted molar refractivity (Wildman–Crippen MR) is 163 cm³/mol. The van der Waals surface area contributed by atoms with Crippen LogP contribution in [0.15, 0.2) is 35.9 Å². The zero-order valence-corrected chi connectivity index (χ0v) is 26.8. The van der Waals surface area contributed by atoms with Gasteiger partial charge in [-0.3, -0.25) is 4.79 Å². The Morgan fingerprint density at radius 2 is 1.88 bits per heavy atom. The zero-order chi connectivity index (χ0) is 31.9. The first-order valence-electron chi connectivity index (χ1n) is 15.1. The second kappa shape index (κ2) is 12.5. The molecule has 4 rings (SSSR count). The molecular formula is C33H48N2O8. The number of phenols is 1. The van der Waals surface area contributed by atoms with Crippen molar-refractivity contribution in [1.82, 2.24) is 5.32 Å². The van der Waals surface area contributed by atoms with E-state index in [1.165, 1.54) is 12.0 Å². The van der Waals surface area contributed by atoms with Crippen LogP contribution in [0.5, 0.6) is 11.5 Å². The summed E-state index contributed by atoms with van der Waals surface area (Å²) in [5.41, 5.74) is 0.754. The van der Waals surface area contributed by atoms with Gasteiger partial charge in [0.1, 0.15) is 17.8 Å². The van der Waals surface area contributed by atoms with Crippen molar-refractivity contribution in [3.05, 3.63) is 41.5 Å². The van der Waals surface area contributed by atoms with E-state index in [0.29, 0.717) is 18.5 Å². The second-order valence-corrected chi connectivity index (χ2v) is 13.2. The molecule has 10 nitrogen and oxygen atoms in total. The number of aromatic hydroxyl groups is 1. The Balaban J connectivity index is 1.78. The normalized spacial score (nSPS) is 36.1. The summed E-state index contributed by atoms with van der Waals surface area (Å²) < 4.78 is 23.6. The van der Waals surface area contributed by atoms with Gasteiger partial charge in [-0.2, -0.15) is 0 Å². The van der Waals surface area contributed by atoms with Gasteiger partial charge in [-0.1, -0.05) is 51.5 Å². The van der Waals surface area contributed by atoms with Gasteiger partial charge in [-0.15, -0.1) is 0 Å². The van der Waals surface area contributed by atoms with Crippen LogP contribution in [0.3, 0.4) is 0 Å². The van der Waals surface area contributed by atoms with Crippen molar-refractivity contribution >= 4 is 17.7 Å². The van der Waals surface area contributed by atoms with Gasteiger partial charge in [0.2, 0.25) is 5.91 Å². The number of fused-ring (bicyclic) bond motifs is 5. The Labute approximate surface area is 255 Å². The standard InChI is InChI=1S/C33H48N2O8/c1-18(2)30(38)42-26-16-27(36)35(8)23-14-22(15-24(40-9)28(23)37)13-19(3)11-10-12-20(4)32(6)17-25(41-31(39)34-32)21(5)29-33(26,7)43-29/h10-12,14-15,18,20-21,25-26,29-30,37-38H,13,16-17H2,1-9H3,(H,34,39)/b12-10+,19-11+/t20-,21-,25+,26?,29+,30?,32-,33+/m1/s1. The highest BCUT2D eigenvalue weighted by Crippen LogP contribution is 2.49. The quantitative estimate of drug-likeness (QED) is 0.330. The minimum absolute atomic E-state index is 0.00315. The molecule has 3 aliphatic rings. The van der Waals surface area contributed by atoms with E-state index in [4.69, 9.17) is 18.9 Å². The second-order valence-electron chi connectivity index (χ2n) is 13.2. The lowest BCUT2D eigenvalue weighted by Crippen LogP contribution is -2.59. The molecule has 43 heavy (non-hydrogen) atoms. The topological polar surface area (TPSA) is 130 Å². The summed E-state index contributed by atoms with van der Waals surface area (Å²) in [5, 5.41) is 24.7. The molecule has 8 atom stereocenters. The molecule has 3 N–H and O–H groups in total. The monoisotopic (exact) mass is 600 g/mol. The number of epoxide rings is 1. The maximum Gasteiger partial charge on any atom is 0.407 e. The van der Waals surface area contributed by atoms with E-state index in [-0.39, 0.29) is 47.7 Å². The molecule has 2 amide bonds. The van der Waals surface area contributed by atoms with Gasteiger partial charge in [-0.05, 0) is 50.8 Å². The third kappa shape index (κ3) is 6.86. The Morgan fingerprint density at radius 3 is 2.53 bits per heavy atom. The molecule has 0 saturated carbocycles. The first-order valence-corrected chi connectivity index (χ1v) is 15.1. The first kappa shape index (κ1) is 32.8. The Bertz CT molecular complexity index is 1280. The zero-order valence-electron chi connectivity index (χ0n) is 26.8. The molecule has 2 saturated heterocycles. The lowest BCUT2D eigenvalue weighted by molar-refractivity contribution is -0.177. The van der Waals surface area contributed by atoms with Crippen molar-refractivity contribution in [1.29, 1.82) is 0 Å². The van der Waals surface area contributed by atoms with Crippen molar-refractivity contribution in [2.45, 2.75) is 103 Å². The lowest BCUT2D eigenvalue weighted by atomic mass is 9.76. The van der Waals surface area contributed by atoms with Crippen molar-refractivity contribution in [2.75, 3.05) is 19.1 Å². The van der Waals surface area contributed by atoms with Crippen LogP contribution in [0, 0.1) is 17.8 Å². The highest BCUT2D eigenvalue weighted by atomic mass is 16.7. The summed E-state index contributed by atoms with van der Waals surface area (Å²) in [4.78, 5) is 27.9. The van der Waals surface area contributed by atoms with E-state index in [1.807, 2.05) is 53.7 Å². The van der Waals surface area contributed by atoms with Crippen molar-refractivity contribution < 1.29 is 38.7 Å². The first-order chi connectivity index (χ1) is 20.1. The van der Waals surface area contributed by atoms with Crippen LogP contribution in [0.2, 0.25) is 0 Å². The van der Waals surface area contributed by atoms with Gasteiger partial charge in [0.25, 0.3) is 0 Å². The van der Waals surface area contributed by atoms with Gasteiger partial charge in [-0.25, -0.2) is 4.79 Å². The molecule has 1 aromatic rings. The molecule has 0 aliphatic carbocycles. The molecule has 2 fully saturated rings. The summed E-state index contributed by atoms with van der Waals surface area (Å²) in [5.74, 6) is -0.641. The van der Waals surface area contributed by atoms with Gasteiger partial charge >= 0.3 is 6.09 Å². The summed E-state index contributed by atoms with van der Waals surface area (Å²) in [7, 11) is 3.07. The number of anilines is 1. The van der Waals surface area contributed by atoms with Crippen molar-refractivity contribution in [3.63, 3.8) is 0 Å². The third-order valence-electron chi connectivity index (χ3n) is 9.44. The molecule has 2 unspecified atom stereocenters. The number of rotatable bonds is 4. The number of carbonyl (C=O) groups excluding carboxylic acids is 2. The molecule has 10 heteroatoms. The van der Waals surface area contributed by atoms with E-state index in [9.17, 15) is 19.8 Å². The fourth-order valence-electron chi connectivity index (χ4n) is 6.11. The number of ether oxygens (including phenoxy) is 4. The molecule has 1 aromatic carbocycles. The number of hydrogen-bond donors (Lipinski definition) is 3. The van der Waals surface area contributed by atoms with E-state index in [0.717, 1.165) is 11.1 Å². The number of benzene rings is 1. The van der Waals surface area contributed by atoms with Crippen LogP contribution in [-0.4, -0.2) is 72.1 Å². The maximum absolute atomic E-state index is 13.8. The van der Waals surface area contributed by atoms with E-state index >= 15 is 0 Å². The van der Waals surface area contributed by atoms with Crippen molar-refractivity contribution in [2.24, 2.45) is 17.8 Å². The summed E-state index contributed by atoms with van der Waals surface area (Å²) >= 11 is 0. The summed E-state index contributed by atoms with van der Waals surface area (Å²) in [6.07, 6.45) is 3.89. The molecular weight excluding hydrogens is 552 g/mol. The van der Waals surface area contributed by atoms with E-state index in [2.05, 4.69) is 18.3 Å². The van der Waals surface area contributed by atoms with Gasteiger partial charge in [0.15, 0.2) is 17.8 Å². The lowest BCUT2D eigenvalue weighted by Gasteiger charge is -2.43. The van der Waals surface area contributed by atoms with Crippen LogP contribution >= 0.6 is 0 Å². The van der Waals surface area contributed by atoms with E-state index < -0.39 is 35.7 Å². The van der Waals surface area contributed by atoms with E-state index in [1.54, 1.807) is 19.2 Å². The average Bonchev–Trinajstić information content (AvgIpc) is 3.63. The van der Waals surface area contributed by atoms with Crippen LogP contribution < -0.4 is 15.0 Å². The van der Waals surface area contributed by atoms with Crippen molar-refractivity contribution in [3.8, 4) is 11.5 Å². The molecule has 0 radical (unpaired) electrons. The van der Waals surface area contributed by atoms with Crippen LogP contribution in [-0.2, 0) is 25.4 Å². The number of aliphatic hydroxyl groups excluding tert-OH is 1. The number of methoxy groups -OCH3 is 1. The molecule has 3 aliphatic heterocycles. The predicted octanol–water partition coefficient (Wildman–Crippen LogP) is 4.86. The molecule has 0 spiro atoms. The Kier molecular flexibility index (Phi) is 9.54. The number of amides is 2. The third-order valence-corrected chi connectivity index (χ3v) is 9.44. The van der Waals surface area contributed by atoms with Crippen LogP contribution in [0.4, 0.5) is 10.5 Å². The fraction of sp³-hybridized carbons (Fsp3) is 0.636. The highest BCUT2D eigenvalue weighted by Gasteiger charge is 2.63. The van der Waals surface area contributed by atoms with Gasteiger partial charge < -0.3 is 39.4 Å². The number of alkyl carbamates (subject to hydrolysis) is 1. The van der Waals surface area contributed by atoms with Gasteiger partial charge in [0, 0.05) is 25.3 Å². The molecule has 4 bridgehead atoms. The Morgan fingerprint density at radius 1 is 1.19 bits per heavy atom. The minimum Gasteiger partial charge on any atom is -0.503 e. The SMILES string of the molecule is COc1cc2cc(c1O)N(C)C(=O)CC(OC(O)C(C)C)[C@]1(C)O[C@H]1[C@H](C)[C@@H]1C[C@@](C)(NC(=O)O1)[C@H](C)/C=C/C=C(\C)C2. The smallest absolute Gasteiger partial charge is 0.407 e. The number of carbonyl (C=O) groups is 2. The van der Waals surface area contributed by atoms with Crippen LogP contribution in [0.25, 0.3) is 0 Å². The molecule has 0 aromatic heterocycles. The number of allylic oxidation sites excluding steroid dienone is 3. The molecule has 238 valence electrons. The number of phenolic OH excluding ortho intramolecular Hbond substituents is 1. The summed E-state index contributed by atoms with van der Waals surface area (Å²) in [6.45, 7) is 13.6. The van der Waals surface area contributed by atoms with Gasteiger partial charge in [0.05, 0.1) is 30.9 Å². The number of nitrogens with one attached hydrogen (secondary N) is 1. The van der Waals surface area contributed by atoms with Crippen LogP contribution in [0.1, 0.15) is 66.9 Å². The summed E-state index contributed by atoms with van der Waals surface area (Å²) in [6, 6.07) is 3.54. The number of aliphatic hydroxyl groups is 1. The Hall–Kier alpha value is -3.08. The number of nitrogens with zero attached hydrogens (tertiary/aromatic N) is 1. The fourth-order valence-corrected chi connectivity index (χ4v) is 6.11. The number of hydrogen-bond acceptors (Lipinski definition) is 8. The molecule has 3 heterocycles. The maximum atomic E-state index is 13.8. The highest BCUT2D eigenvalue weighted by molar-refractivity contribution is 5.95. The minimum atomic E-state index is -1.12. The average molecular weight is 601 g/mol.